The molecule has 2 aromatic heterocycles. The van der Waals surface area contributed by atoms with Crippen LogP contribution >= 0.6 is 0 Å². The van der Waals surface area contributed by atoms with Gasteiger partial charge in [-0.2, -0.15) is 16.8 Å². The number of aromatic nitrogens is 2. The van der Waals surface area contributed by atoms with Crippen LogP contribution in [0.25, 0.3) is 0 Å². The molecule has 0 aliphatic rings. The molecule has 0 bridgehead atoms. The topological polar surface area (TPSA) is 113 Å². The molecule has 0 amide bonds. The maximum atomic E-state index is 11.7. The summed E-state index contributed by atoms with van der Waals surface area (Å²) in [5, 5.41) is 0. The maximum Gasteiger partial charge on any atom is 0.309 e. The van der Waals surface area contributed by atoms with E-state index in [0.717, 1.165) is 0 Å². The van der Waals surface area contributed by atoms with Crippen molar-refractivity contribution in [3.63, 3.8) is 0 Å². The third kappa shape index (κ3) is 6.20. The Balaban J connectivity index is 1.86. The highest BCUT2D eigenvalue weighted by Gasteiger charge is 2.18. The lowest BCUT2D eigenvalue weighted by molar-refractivity contribution is 0.478. The largest absolute Gasteiger partial charge is 0.381 e. The van der Waals surface area contributed by atoms with Gasteiger partial charge in [0, 0.05) is 12.4 Å². The van der Waals surface area contributed by atoms with Crippen LogP contribution in [0.1, 0.15) is 6.42 Å². The van der Waals surface area contributed by atoms with E-state index in [1.54, 1.807) is 0 Å². The summed E-state index contributed by atoms with van der Waals surface area (Å²) >= 11 is 0. The van der Waals surface area contributed by atoms with Crippen molar-refractivity contribution in [3.8, 4) is 11.5 Å². The van der Waals surface area contributed by atoms with Gasteiger partial charge < -0.3 is 8.37 Å². The Morgan fingerprint density at radius 1 is 0.783 bits per heavy atom. The summed E-state index contributed by atoms with van der Waals surface area (Å²) in [7, 11) is -7.80. The van der Waals surface area contributed by atoms with Crippen molar-refractivity contribution in [2.45, 2.75) is 6.42 Å². The van der Waals surface area contributed by atoms with E-state index in [-0.39, 0.29) is 17.9 Å². The number of pyridine rings is 2. The van der Waals surface area contributed by atoms with Crippen molar-refractivity contribution in [3.05, 3.63) is 49.1 Å². The van der Waals surface area contributed by atoms with Gasteiger partial charge in [0.1, 0.15) is 0 Å². The molecule has 10 heteroatoms. The van der Waals surface area contributed by atoms with E-state index in [4.69, 9.17) is 8.37 Å². The molecule has 23 heavy (non-hydrogen) atoms. The van der Waals surface area contributed by atoms with Gasteiger partial charge in [0.2, 0.25) is 0 Å². The van der Waals surface area contributed by atoms with E-state index in [9.17, 15) is 16.8 Å². The van der Waals surface area contributed by atoms with Gasteiger partial charge in [-0.1, -0.05) is 0 Å². The van der Waals surface area contributed by atoms with E-state index >= 15 is 0 Å². The highest BCUT2D eigenvalue weighted by Crippen LogP contribution is 2.13. The summed E-state index contributed by atoms with van der Waals surface area (Å²) in [6, 6.07) is 5.92. The van der Waals surface area contributed by atoms with Gasteiger partial charge in [-0.3, -0.25) is 9.97 Å². The predicted molar refractivity (Wildman–Crippen MR) is 81.9 cm³/mol. The normalized spacial score (nSPS) is 11.8. The Bertz CT molecular complexity index is 752. The fourth-order valence-electron chi connectivity index (χ4n) is 1.58. The van der Waals surface area contributed by atoms with Crippen molar-refractivity contribution in [2.75, 3.05) is 11.5 Å². The Morgan fingerprint density at radius 2 is 1.22 bits per heavy atom. The molecule has 2 aromatic rings. The second-order valence-corrected chi connectivity index (χ2v) is 7.80. The molecule has 0 atom stereocenters. The molecular formula is C13H14N2O6S2. The maximum absolute atomic E-state index is 11.7. The van der Waals surface area contributed by atoms with Gasteiger partial charge in [0.25, 0.3) is 0 Å². The molecule has 0 aromatic carbocycles. The minimum Gasteiger partial charge on any atom is -0.381 e. The molecule has 2 rings (SSSR count). The van der Waals surface area contributed by atoms with E-state index < -0.39 is 31.7 Å². The SMILES string of the molecule is O=S(=O)(CCCS(=O)(=O)Oc1cccnc1)Oc1cccnc1. The average Bonchev–Trinajstić information content (AvgIpc) is 2.47. The van der Waals surface area contributed by atoms with Crippen molar-refractivity contribution < 1.29 is 25.2 Å². The van der Waals surface area contributed by atoms with Gasteiger partial charge >= 0.3 is 20.2 Å². The summed E-state index contributed by atoms with van der Waals surface area (Å²) < 4.78 is 56.6. The standard InChI is InChI=1S/C13H14N2O6S2/c16-22(17,20-12-4-1-6-14-10-12)8-3-9-23(18,19)21-13-5-2-7-15-11-13/h1-2,4-7,10-11H,3,8-9H2. The molecular weight excluding hydrogens is 344 g/mol. The lowest BCUT2D eigenvalue weighted by Gasteiger charge is -2.08. The summed E-state index contributed by atoms with van der Waals surface area (Å²) in [5.74, 6) is -0.779. The molecule has 0 aliphatic carbocycles. The molecule has 0 unspecified atom stereocenters. The molecule has 2 heterocycles. The zero-order chi connectivity index (χ0) is 16.8. The van der Waals surface area contributed by atoms with Crippen LogP contribution < -0.4 is 8.37 Å². The average molecular weight is 358 g/mol. The highest BCUT2D eigenvalue weighted by atomic mass is 32.2. The molecule has 0 radical (unpaired) electrons. The van der Waals surface area contributed by atoms with E-state index in [1.165, 1.54) is 49.1 Å². The van der Waals surface area contributed by atoms with Crippen molar-refractivity contribution in [2.24, 2.45) is 0 Å². The van der Waals surface area contributed by atoms with Crippen LogP contribution in [0.5, 0.6) is 11.5 Å². The molecule has 8 nitrogen and oxygen atoms in total. The van der Waals surface area contributed by atoms with Crippen molar-refractivity contribution in [1.29, 1.82) is 0 Å². The first-order valence-corrected chi connectivity index (χ1v) is 9.66. The number of hydrogen-bond donors (Lipinski definition) is 0. The Morgan fingerprint density at radius 3 is 1.57 bits per heavy atom. The predicted octanol–water partition coefficient (Wildman–Crippen LogP) is 0.984. The molecule has 0 N–H and O–H groups in total. The zero-order valence-electron chi connectivity index (χ0n) is 11.9. The van der Waals surface area contributed by atoms with Crippen molar-refractivity contribution >= 4 is 20.2 Å². The lowest BCUT2D eigenvalue weighted by atomic mass is 10.5. The van der Waals surface area contributed by atoms with Crippen LogP contribution in [0.15, 0.2) is 49.1 Å². The molecule has 124 valence electrons. The quantitative estimate of drug-likeness (QED) is 0.642. The van der Waals surface area contributed by atoms with Gasteiger partial charge in [0.15, 0.2) is 11.5 Å². The lowest BCUT2D eigenvalue weighted by Crippen LogP contribution is -2.19. The molecule has 0 aliphatic heterocycles. The van der Waals surface area contributed by atoms with E-state index in [0.29, 0.717) is 0 Å². The highest BCUT2D eigenvalue weighted by molar-refractivity contribution is 7.88. The summed E-state index contributed by atoms with van der Waals surface area (Å²) in [6.07, 6.45) is 5.29. The van der Waals surface area contributed by atoms with Gasteiger partial charge in [-0.15, -0.1) is 0 Å². The van der Waals surface area contributed by atoms with Crippen molar-refractivity contribution in [1.82, 2.24) is 9.97 Å². The number of hydrogen-bond acceptors (Lipinski definition) is 8. The second-order valence-electron chi connectivity index (χ2n) is 4.42. The molecule has 0 spiro atoms. The second kappa shape index (κ2) is 7.38. The first kappa shape index (κ1) is 17.2. The molecule has 0 saturated heterocycles. The summed E-state index contributed by atoms with van der Waals surface area (Å²) in [4.78, 5) is 7.45. The Labute approximate surface area is 134 Å². The summed E-state index contributed by atoms with van der Waals surface area (Å²) in [5.41, 5.74) is 0. The molecule has 0 fully saturated rings. The fraction of sp³-hybridized carbons (Fsp3) is 0.231. The zero-order valence-corrected chi connectivity index (χ0v) is 13.5. The van der Waals surface area contributed by atoms with Gasteiger partial charge in [-0.05, 0) is 30.7 Å². The van der Waals surface area contributed by atoms with Gasteiger partial charge in [0.05, 0.1) is 23.9 Å². The van der Waals surface area contributed by atoms with Crippen LogP contribution in [-0.4, -0.2) is 38.3 Å². The fourth-order valence-corrected chi connectivity index (χ4v) is 3.71. The van der Waals surface area contributed by atoms with Crippen LogP contribution in [0.4, 0.5) is 0 Å². The monoisotopic (exact) mass is 358 g/mol. The first-order chi connectivity index (χ1) is 10.9. The number of rotatable bonds is 8. The third-order valence-electron chi connectivity index (χ3n) is 2.50. The Kier molecular flexibility index (Phi) is 5.50. The van der Waals surface area contributed by atoms with Crippen LogP contribution in [0, 0.1) is 0 Å². The van der Waals surface area contributed by atoms with E-state index in [1.807, 2.05) is 0 Å². The molecule has 0 saturated carbocycles. The van der Waals surface area contributed by atoms with Gasteiger partial charge in [-0.25, -0.2) is 0 Å². The third-order valence-corrected chi connectivity index (χ3v) is 4.97. The number of nitrogens with zero attached hydrogens (tertiary/aromatic N) is 2. The smallest absolute Gasteiger partial charge is 0.309 e. The minimum atomic E-state index is -3.90. The minimum absolute atomic E-state index is 0.0713. The summed E-state index contributed by atoms with van der Waals surface area (Å²) in [6.45, 7) is 0. The van der Waals surface area contributed by atoms with Crippen LogP contribution in [0.2, 0.25) is 0 Å². The Hall–Kier alpha value is -2.20. The first-order valence-electron chi connectivity index (χ1n) is 6.51. The van der Waals surface area contributed by atoms with Crippen LogP contribution in [0.3, 0.4) is 0 Å². The van der Waals surface area contributed by atoms with Crippen LogP contribution in [-0.2, 0) is 20.2 Å². The van der Waals surface area contributed by atoms with E-state index in [2.05, 4.69) is 9.97 Å².